The van der Waals surface area contributed by atoms with Crippen molar-refractivity contribution in [3.63, 3.8) is 0 Å². The van der Waals surface area contributed by atoms with Crippen molar-refractivity contribution < 1.29 is 27.9 Å². The molecular formula is C19H17NO6S. The number of phenolic OH excluding ortho intramolecular Hbond substituents is 1. The fourth-order valence-corrected chi connectivity index (χ4v) is 4.01. The van der Waals surface area contributed by atoms with Gasteiger partial charge in [0.1, 0.15) is 5.75 Å². The number of nitrogens with zero attached hydrogens (tertiary/aromatic N) is 1. The minimum atomic E-state index is -3.37. The molecule has 0 spiro atoms. The van der Waals surface area contributed by atoms with Crippen molar-refractivity contribution in [3.05, 3.63) is 71.6 Å². The normalized spacial score (nSPS) is 17.4. The number of aromatic hydroxyl groups is 1. The number of anilines is 1. The summed E-state index contributed by atoms with van der Waals surface area (Å²) in [4.78, 5) is 26.1. The first-order valence-corrected chi connectivity index (χ1v) is 9.81. The SMILES string of the molecule is O=C(OCC(=O)N(c1ccccc1)[C@H]1C=CS(=O)(=O)C1)c1cccc(O)c1. The lowest BCUT2D eigenvalue weighted by molar-refractivity contribution is -0.121. The van der Waals surface area contributed by atoms with E-state index in [4.69, 9.17) is 4.74 Å². The van der Waals surface area contributed by atoms with Gasteiger partial charge in [-0.05, 0) is 36.4 Å². The van der Waals surface area contributed by atoms with E-state index in [1.165, 1.54) is 35.2 Å². The van der Waals surface area contributed by atoms with Gasteiger partial charge in [-0.2, -0.15) is 0 Å². The quantitative estimate of drug-likeness (QED) is 0.787. The molecule has 1 atom stereocenters. The molecule has 1 aliphatic heterocycles. The van der Waals surface area contributed by atoms with E-state index in [1.54, 1.807) is 30.3 Å². The Morgan fingerprint density at radius 1 is 1.11 bits per heavy atom. The molecule has 0 saturated carbocycles. The molecule has 2 aromatic carbocycles. The zero-order chi connectivity index (χ0) is 19.4. The first kappa shape index (κ1) is 18.7. The molecule has 140 valence electrons. The van der Waals surface area contributed by atoms with Crippen LogP contribution in [0.1, 0.15) is 10.4 Å². The number of carbonyl (C=O) groups excluding carboxylic acids is 2. The van der Waals surface area contributed by atoms with Gasteiger partial charge in [-0.1, -0.05) is 24.3 Å². The summed E-state index contributed by atoms with van der Waals surface area (Å²) in [5, 5.41) is 10.5. The molecule has 0 aromatic heterocycles. The van der Waals surface area contributed by atoms with Gasteiger partial charge in [0.2, 0.25) is 0 Å². The lowest BCUT2D eigenvalue weighted by atomic mass is 10.2. The lowest BCUT2D eigenvalue weighted by Crippen LogP contribution is -2.43. The monoisotopic (exact) mass is 387 g/mol. The number of benzene rings is 2. The molecule has 0 aliphatic carbocycles. The average molecular weight is 387 g/mol. The molecule has 7 nitrogen and oxygen atoms in total. The molecule has 1 N–H and O–H groups in total. The lowest BCUT2D eigenvalue weighted by Gasteiger charge is -2.27. The number of rotatable bonds is 5. The van der Waals surface area contributed by atoms with Gasteiger partial charge in [0, 0.05) is 11.1 Å². The average Bonchev–Trinajstić information content (AvgIpc) is 3.00. The summed E-state index contributed by atoms with van der Waals surface area (Å²) in [5.74, 6) is -1.64. The Hall–Kier alpha value is -3.13. The fourth-order valence-electron chi connectivity index (χ4n) is 2.74. The van der Waals surface area contributed by atoms with Crippen LogP contribution >= 0.6 is 0 Å². The molecule has 1 aliphatic rings. The number of carbonyl (C=O) groups is 2. The Morgan fingerprint density at radius 2 is 1.85 bits per heavy atom. The zero-order valence-electron chi connectivity index (χ0n) is 14.2. The van der Waals surface area contributed by atoms with Crippen LogP contribution in [0.2, 0.25) is 0 Å². The second-order valence-electron chi connectivity index (χ2n) is 5.95. The minimum Gasteiger partial charge on any atom is -0.508 e. The summed E-state index contributed by atoms with van der Waals surface area (Å²) >= 11 is 0. The topological polar surface area (TPSA) is 101 Å². The summed E-state index contributed by atoms with van der Waals surface area (Å²) < 4.78 is 28.5. The van der Waals surface area contributed by atoms with Crippen LogP contribution in [0, 0.1) is 0 Å². The molecule has 3 rings (SSSR count). The second-order valence-corrected chi connectivity index (χ2v) is 7.88. The van der Waals surface area contributed by atoms with E-state index < -0.39 is 34.4 Å². The predicted octanol–water partition coefficient (Wildman–Crippen LogP) is 1.89. The number of amides is 1. The van der Waals surface area contributed by atoms with Crippen molar-refractivity contribution in [1.82, 2.24) is 0 Å². The van der Waals surface area contributed by atoms with E-state index in [0.717, 1.165) is 5.41 Å². The number of phenols is 1. The Bertz CT molecular complexity index is 984. The third kappa shape index (κ3) is 4.53. The Morgan fingerprint density at radius 3 is 2.48 bits per heavy atom. The highest BCUT2D eigenvalue weighted by molar-refractivity contribution is 7.94. The molecule has 1 heterocycles. The number of hydrogen-bond acceptors (Lipinski definition) is 6. The number of hydrogen-bond donors (Lipinski definition) is 1. The summed E-state index contributed by atoms with van der Waals surface area (Å²) in [7, 11) is -3.37. The summed E-state index contributed by atoms with van der Waals surface area (Å²) in [6.07, 6.45) is 1.44. The molecule has 0 saturated heterocycles. The van der Waals surface area contributed by atoms with Gasteiger partial charge in [0.25, 0.3) is 5.91 Å². The van der Waals surface area contributed by atoms with Gasteiger partial charge >= 0.3 is 5.97 Å². The highest BCUT2D eigenvalue weighted by Gasteiger charge is 2.31. The highest BCUT2D eigenvalue weighted by atomic mass is 32.2. The molecule has 8 heteroatoms. The second kappa shape index (κ2) is 7.63. The Balaban J connectivity index is 1.76. The number of ether oxygens (including phenoxy) is 1. The maximum atomic E-state index is 12.7. The molecule has 0 unspecified atom stereocenters. The maximum Gasteiger partial charge on any atom is 0.338 e. The molecule has 0 fully saturated rings. The van der Waals surface area contributed by atoms with Crippen LogP contribution in [-0.4, -0.2) is 43.8 Å². The van der Waals surface area contributed by atoms with E-state index in [2.05, 4.69) is 0 Å². The number of esters is 1. The predicted molar refractivity (Wildman–Crippen MR) is 99.0 cm³/mol. The summed E-state index contributed by atoms with van der Waals surface area (Å²) in [5.41, 5.74) is 0.611. The van der Waals surface area contributed by atoms with Crippen LogP contribution in [0.15, 0.2) is 66.1 Å². The fraction of sp³-hybridized carbons (Fsp3) is 0.158. The van der Waals surface area contributed by atoms with Crippen molar-refractivity contribution in [1.29, 1.82) is 0 Å². The van der Waals surface area contributed by atoms with E-state index in [9.17, 15) is 23.1 Å². The van der Waals surface area contributed by atoms with Gasteiger partial charge in [0.15, 0.2) is 16.4 Å². The third-order valence-corrected chi connectivity index (χ3v) is 5.33. The number of sulfone groups is 1. The van der Waals surface area contributed by atoms with Crippen LogP contribution in [0.3, 0.4) is 0 Å². The minimum absolute atomic E-state index is 0.0945. The van der Waals surface area contributed by atoms with Crippen LogP contribution in [-0.2, 0) is 19.4 Å². The van der Waals surface area contributed by atoms with E-state index in [1.807, 2.05) is 0 Å². The molecule has 0 radical (unpaired) electrons. The standard InChI is InChI=1S/C19H17NO6S/c21-17-8-4-5-14(11-17)19(23)26-12-18(22)20(15-6-2-1-3-7-15)16-9-10-27(24,25)13-16/h1-11,16,21H,12-13H2/t16-/m0/s1. The van der Waals surface area contributed by atoms with Gasteiger partial charge in [0.05, 0.1) is 17.4 Å². The van der Waals surface area contributed by atoms with Gasteiger partial charge in [-0.15, -0.1) is 0 Å². The Labute approximate surface area is 156 Å². The largest absolute Gasteiger partial charge is 0.508 e. The molecule has 0 bridgehead atoms. The van der Waals surface area contributed by atoms with Gasteiger partial charge in [-0.25, -0.2) is 13.2 Å². The van der Waals surface area contributed by atoms with E-state index in [0.29, 0.717) is 5.69 Å². The molecule has 2 aromatic rings. The van der Waals surface area contributed by atoms with Gasteiger partial charge in [-0.3, -0.25) is 4.79 Å². The Kier molecular flexibility index (Phi) is 5.27. The van der Waals surface area contributed by atoms with E-state index >= 15 is 0 Å². The smallest absolute Gasteiger partial charge is 0.338 e. The van der Waals surface area contributed by atoms with Crippen LogP contribution in [0.5, 0.6) is 5.75 Å². The highest BCUT2D eigenvalue weighted by Crippen LogP contribution is 2.23. The van der Waals surface area contributed by atoms with Crippen LogP contribution in [0.25, 0.3) is 0 Å². The molecule has 1 amide bonds. The van der Waals surface area contributed by atoms with Crippen LogP contribution in [0.4, 0.5) is 5.69 Å². The summed E-state index contributed by atoms with van der Waals surface area (Å²) in [6.45, 7) is -0.562. The zero-order valence-corrected chi connectivity index (χ0v) is 15.0. The van der Waals surface area contributed by atoms with Gasteiger partial charge < -0.3 is 14.7 Å². The molecule has 27 heavy (non-hydrogen) atoms. The maximum absolute atomic E-state index is 12.7. The van der Waals surface area contributed by atoms with Crippen molar-refractivity contribution >= 4 is 27.4 Å². The number of para-hydroxylation sites is 1. The first-order valence-electron chi connectivity index (χ1n) is 8.10. The molecular weight excluding hydrogens is 370 g/mol. The van der Waals surface area contributed by atoms with E-state index in [-0.39, 0.29) is 17.1 Å². The van der Waals surface area contributed by atoms with Crippen LogP contribution < -0.4 is 4.90 Å². The third-order valence-electron chi connectivity index (χ3n) is 3.95. The first-order chi connectivity index (χ1) is 12.9. The van der Waals surface area contributed by atoms with Crippen molar-refractivity contribution in [2.45, 2.75) is 6.04 Å². The summed E-state index contributed by atoms with van der Waals surface area (Å²) in [6, 6.07) is 13.5. The van der Waals surface area contributed by atoms with Crippen molar-refractivity contribution in [2.24, 2.45) is 0 Å². The van der Waals surface area contributed by atoms with Crippen molar-refractivity contribution in [2.75, 3.05) is 17.3 Å². The van der Waals surface area contributed by atoms with Crippen molar-refractivity contribution in [3.8, 4) is 5.75 Å².